The molecule has 1 aliphatic rings. The van der Waals surface area contributed by atoms with Gasteiger partial charge in [0.2, 0.25) is 5.91 Å². The number of aromatic nitrogens is 1. The standard InChI is InChI=1S/C24H19BrFN5O2/c25-17-11-20(21(28)29-13-17)31-23(33)24(7-2-8-24)16-5-6-19(18(26)10-16)30-22(32)15-4-1-3-14(9-15)12-27/h1,3-6,9-11,13H,2,7-8H2,(H2,28,29)(H,30,32)(H,31,33). The summed E-state index contributed by atoms with van der Waals surface area (Å²) in [7, 11) is 0. The number of pyridine rings is 1. The fraction of sp³-hybridized carbons (Fsp3) is 0.167. The summed E-state index contributed by atoms with van der Waals surface area (Å²) < 4.78 is 15.6. The Kier molecular flexibility index (Phi) is 6.11. The Morgan fingerprint density at radius 1 is 1.12 bits per heavy atom. The van der Waals surface area contributed by atoms with Crippen LogP contribution >= 0.6 is 15.9 Å². The van der Waals surface area contributed by atoms with Crippen LogP contribution in [0.1, 0.15) is 40.7 Å². The summed E-state index contributed by atoms with van der Waals surface area (Å²) in [6.07, 6.45) is 3.48. The van der Waals surface area contributed by atoms with Crippen molar-refractivity contribution in [1.29, 1.82) is 5.26 Å². The second-order valence-electron chi connectivity index (χ2n) is 7.82. The normalized spacial score (nSPS) is 14.0. The Labute approximate surface area is 198 Å². The molecule has 0 radical (unpaired) electrons. The highest BCUT2D eigenvalue weighted by Gasteiger charge is 2.46. The van der Waals surface area contributed by atoms with Crippen molar-refractivity contribution in [2.75, 3.05) is 16.4 Å². The van der Waals surface area contributed by atoms with E-state index in [1.165, 1.54) is 24.4 Å². The maximum Gasteiger partial charge on any atom is 0.255 e. The first-order valence-electron chi connectivity index (χ1n) is 10.2. The van der Waals surface area contributed by atoms with Crippen LogP contribution in [0.2, 0.25) is 0 Å². The second-order valence-corrected chi connectivity index (χ2v) is 8.73. The van der Waals surface area contributed by atoms with E-state index in [0.717, 1.165) is 6.42 Å². The number of nitrogens with one attached hydrogen (secondary N) is 2. The molecule has 3 aromatic rings. The highest BCUT2D eigenvalue weighted by atomic mass is 79.9. The number of amides is 2. The van der Waals surface area contributed by atoms with Crippen molar-refractivity contribution in [1.82, 2.24) is 4.98 Å². The molecule has 0 bridgehead atoms. The topological polar surface area (TPSA) is 121 Å². The van der Waals surface area contributed by atoms with Crippen molar-refractivity contribution >= 4 is 44.9 Å². The van der Waals surface area contributed by atoms with E-state index in [1.54, 1.807) is 30.3 Å². The molecule has 4 rings (SSSR count). The number of halogens is 2. The van der Waals surface area contributed by atoms with Gasteiger partial charge in [0.05, 0.1) is 28.4 Å². The fourth-order valence-electron chi connectivity index (χ4n) is 3.81. The summed E-state index contributed by atoms with van der Waals surface area (Å²) in [6.45, 7) is 0. The fourth-order valence-corrected chi connectivity index (χ4v) is 4.14. The third kappa shape index (κ3) is 4.43. The maximum atomic E-state index is 14.9. The third-order valence-electron chi connectivity index (χ3n) is 5.80. The first-order valence-corrected chi connectivity index (χ1v) is 11.0. The van der Waals surface area contributed by atoms with Crippen LogP contribution in [-0.4, -0.2) is 16.8 Å². The summed E-state index contributed by atoms with van der Waals surface area (Å²) in [5, 5.41) is 14.3. The van der Waals surface area contributed by atoms with Crippen molar-refractivity contribution in [3.63, 3.8) is 0 Å². The van der Waals surface area contributed by atoms with Crippen LogP contribution in [0.3, 0.4) is 0 Å². The van der Waals surface area contributed by atoms with Gasteiger partial charge in [-0.1, -0.05) is 18.6 Å². The number of nitrogen functional groups attached to an aromatic ring is 1. The van der Waals surface area contributed by atoms with Crippen molar-refractivity contribution < 1.29 is 14.0 Å². The number of benzene rings is 2. The zero-order valence-corrected chi connectivity index (χ0v) is 18.9. The molecule has 0 unspecified atom stereocenters. The molecule has 1 fully saturated rings. The predicted molar refractivity (Wildman–Crippen MR) is 126 cm³/mol. The molecular formula is C24H19BrFN5O2. The molecule has 0 atom stereocenters. The first-order chi connectivity index (χ1) is 15.8. The number of hydrogen-bond acceptors (Lipinski definition) is 5. The van der Waals surface area contributed by atoms with Crippen molar-refractivity contribution in [3.05, 3.63) is 81.7 Å². The molecule has 1 aliphatic carbocycles. The van der Waals surface area contributed by atoms with E-state index in [-0.39, 0.29) is 23.0 Å². The van der Waals surface area contributed by atoms with E-state index in [4.69, 9.17) is 11.0 Å². The summed E-state index contributed by atoms with van der Waals surface area (Å²) >= 11 is 3.31. The molecule has 1 heterocycles. The minimum atomic E-state index is -0.890. The van der Waals surface area contributed by atoms with Crippen LogP contribution in [0.4, 0.5) is 21.6 Å². The molecule has 1 aromatic heterocycles. The van der Waals surface area contributed by atoms with Crippen molar-refractivity contribution in [2.24, 2.45) is 0 Å². The zero-order valence-electron chi connectivity index (χ0n) is 17.4. The minimum Gasteiger partial charge on any atom is -0.382 e. The number of nitrogens with two attached hydrogens (primary N) is 1. The van der Waals surface area contributed by atoms with Crippen LogP contribution in [-0.2, 0) is 10.2 Å². The number of carbonyl (C=O) groups excluding carboxylic acids is 2. The highest BCUT2D eigenvalue weighted by Crippen LogP contribution is 2.45. The van der Waals surface area contributed by atoms with Gasteiger partial charge in [0.15, 0.2) is 0 Å². The van der Waals surface area contributed by atoms with Crippen molar-refractivity contribution in [2.45, 2.75) is 24.7 Å². The Bertz CT molecular complexity index is 1300. The molecule has 1 saturated carbocycles. The smallest absolute Gasteiger partial charge is 0.255 e. The lowest BCUT2D eigenvalue weighted by atomic mass is 9.63. The lowest BCUT2D eigenvalue weighted by molar-refractivity contribution is -0.124. The highest BCUT2D eigenvalue weighted by molar-refractivity contribution is 9.10. The summed E-state index contributed by atoms with van der Waals surface area (Å²) in [6, 6.07) is 14.1. The van der Waals surface area contributed by atoms with E-state index in [0.29, 0.717) is 34.1 Å². The van der Waals surface area contributed by atoms with Gasteiger partial charge in [-0.25, -0.2) is 9.37 Å². The monoisotopic (exact) mass is 507 g/mol. The van der Waals surface area contributed by atoms with Crippen LogP contribution in [0.5, 0.6) is 0 Å². The SMILES string of the molecule is N#Cc1cccc(C(=O)Nc2ccc(C3(C(=O)Nc4cc(Br)cnc4N)CCC3)cc2F)c1. The zero-order chi connectivity index (χ0) is 23.6. The molecule has 0 aliphatic heterocycles. The van der Waals surface area contributed by atoms with Crippen LogP contribution in [0, 0.1) is 17.1 Å². The summed E-state index contributed by atoms with van der Waals surface area (Å²) in [5.74, 6) is -1.29. The Morgan fingerprint density at radius 2 is 1.91 bits per heavy atom. The van der Waals surface area contributed by atoms with Crippen LogP contribution in [0.25, 0.3) is 0 Å². The van der Waals surface area contributed by atoms with Gasteiger partial charge in [-0.05, 0) is 70.7 Å². The lowest BCUT2D eigenvalue weighted by Crippen LogP contribution is -2.46. The average Bonchev–Trinajstić information content (AvgIpc) is 2.77. The van der Waals surface area contributed by atoms with Gasteiger partial charge in [0.1, 0.15) is 11.6 Å². The van der Waals surface area contributed by atoms with Gasteiger partial charge in [-0.15, -0.1) is 0 Å². The maximum absolute atomic E-state index is 14.9. The number of carbonyl (C=O) groups is 2. The van der Waals surface area contributed by atoms with E-state index in [2.05, 4.69) is 31.5 Å². The molecule has 0 spiro atoms. The Morgan fingerprint density at radius 3 is 2.58 bits per heavy atom. The molecule has 4 N–H and O–H groups in total. The molecular weight excluding hydrogens is 489 g/mol. The van der Waals surface area contributed by atoms with E-state index in [1.807, 2.05) is 6.07 Å². The molecule has 166 valence electrons. The average molecular weight is 508 g/mol. The molecule has 9 heteroatoms. The number of nitriles is 1. The third-order valence-corrected chi connectivity index (χ3v) is 6.23. The van der Waals surface area contributed by atoms with Gasteiger partial charge in [0.25, 0.3) is 5.91 Å². The first kappa shape index (κ1) is 22.4. The van der Waals surface area contributed by atoms with E-state index < -0.39 is 17.1 Å². The van der Waals surface area contributed by atoms with Gasteiger partial charge in [-0.3, -0.25) is 9.59 Å². The molecule has 33 heavy (non-hydrogen) atoms. The second kappa shape index (κ2) is 9.00. The number of rotatable bonds is 5. The van der Waals surface area contributed by atoms with Gasteiger partial charge >= 0.3 is 0 Å². The molecule has 0 saturated heterocycles. The Balaban J connectivity index is 1.55. The molecule has 2 amide bonds. The largest absolute Gasteiger partial charge is 0.382 e. The minimum absolute atomic E-state index is 0.0126. The van der Waals surface area contributed by atoms with Crippen molar-refractivity contribution in [3.8, 4) is 6.07 Å². The molecule has 7 nitrogen and oxygen atoms in total. The van der Waals surface area contributed by atoms with Gasteiger partial charge in [0, 0.05) is 16.2 Å². The number of anilines is 3. The number of nitrogens with zero attached hydrogens (tertiary/aromatic N) is 2. The van der Waals surface area contributed by atoms with Crippen LogP contribution < -0.4 is 16.4 Å². The predicted octanol–water partition coefficient (Wildman–Crippen LogP) is 4.75. The lowest BCUT2D eigenvalue weighted by Gasteiger charge is -2.40. The van der Waals surface area contributed by atoms with Crippen LogP contribution in [0.15, 0.2) is 59.2 Å². The van der Waals surface area contributed by atoms with E-state index >= 15 is 0 Å². The van der Waals surface area contributed by atoms with E-state index in [9.17, 15) is 14.0 Å². The summed E-state index contributed by atoms with van der Waals surface area (Å²) in [4.78, 5) is 29.7. The van der Waals surface area contributed by atoms with Gasteiger partial charge < -0.3 is 16.4 Å². The Hall–Kier alpha value is -3.77. The van der Waals surface area contributed by atoms with Gasteiger partial charge in [-0.2, -0.15) is 5.26 Å². The number of hydrogen-bond donors (Lipinski definition) is 3. The molecule has 2 aromatic carbocycles. The summed E-state index contributed by atoms with van der Waals surface area (Å²) in [5.41, 5.74) is 6.45. The quantitative estimate of drug-likeness (QED) is 0.460.